The number of thioether (sulfide) groups is 1. The summed E-state index contributed by atoms with van der Waals surface area (Å²) in [6.07, 6.45) is 7.10. The summed E-state index contributed by atoms with van der Waals surface area (Å²) in [6.45, 7) is 0.283. The zero-order valence-corrected chi connectivity index (χ0v) is 16.0. The third-order valence-corrected chi connectivity index (χ3v) is 4.52. The van der Waals surface area contributed by atoms with Crippen LogP contribution in [0.5, 0.6) is 0 Å². The van der Waals surface area contributed by atoms with Crippen molar-refractivity contribution in [2.24, 2.45) is 4.99 Å². The van der Waals surface area contributed by atoms with Crippen molar-refractivity contribution >= 4 is 47.6 Å². The second kappa shape index (κ2) is 10.5. The molecule has 1 rings (SSSR count). The van der Waals surface area contributed by atoms with Crippen molar-refractivity contribution in [1.29, 1.82) is 0 Å². The number of halogens is 1. The lowest BCUT2D eigenvalue weighted by molar-refractivity contribution is -0.127. The normalized spacial score (nSPS) is 22.7. The van der Waals surface area contributed by atoms with Crippen molar-refractivity contribution in [3.05, 3.63) is 0 Å². The van der Waals surface area contributed by atoms with Crippen LogP contribution in [0.15, 0.2) is 4.99 Å². The van der Waals surface area contributed by atoms with Crippen LogP contribution in [0, 0.1) is 0 Å². The highest BCUT2D eigenvalue weighted by Crippen LogP contribution is 2.26. The topological polar surface area (TPSA) is 56.7 Å². The van der Waals surface area contributed by atoms with E-state index >= 15 is 0 Å². The number of amides is 1. The summed E-state index contributed by atoms with van der Waals surface area (Å²) in [6, 6.07) is 0.465. The zero-order valence-electron chi connectivity index (χ0n) is 12.8. The molecule has 1 fully saturated rings. The summed E-state index contributed by atoms with van der Waals surface area (Å²) in [5.74, 6) is 0.774. The molecule has 0 spiro atoms. The molecule has 0 aromatic heterocycles. The van der Waals surface area contributed by atoms with E-state index in [0.717, 1.165) is 11.2 Å². The molecule has 2 unspecified atom stereocenters. The average molecular weight is 414 g/mol. The molecule has 1 aliphatic carbocycles. The van der Waals surface area contributed by atoms with Gasteiger partial charge in [-0.25, -0.2) is 0 Å². The Morgan fingerprint density at radius 1 is 1.40 bits per heavy atom. The molecule has 1 amide bonds. The Morgan fingerprint density at radius 3 is 2.65 bits per heavy atom. The lowest BCUT2D eigenvalue weighted by Gasteiger charge is -2.29. The van der Waals surface area contributed by atoms with E-state index in [2.05, 4.69) is 21.9 Å². The standard InChI is InChI=1S/C13H26N4OS.HI/c1-14-13(15-9-12(18)17(2)3)16-10-6-5-7-11(8-10)19-4;/h10-11H,5-9H2,1-4H3,(H2,14,15,16);1H. The van der Waals surface area contributed by atoms with Crippen molar-refractivity contribution in [3.8, 4) is 0 Å². The van der Waals surface area contributed by atoms with Gasteiger partial charge in [0.15, 0.2) is 5.96 Å². The second-order valence-electron chi connectivity index (χ2n) is 5.08. The van der Waals surface area contributed by atoms with Crippen LogP contribution >= 0.6 is 35.7 Å². The molecule has 1 aliphatic rings. The maximum atomic E-state index is 11.5. The van der Waals surface area contributed by atoms with Gasteiger partial charge in [-0.3, -0.25) is 9.79 Å². The summed E-state index contributed by atoms with van der Waals surface area (Å²) in [5.41, 5.74) is 0. The number of carbonyl (C=O) groups excluding carboxylic acids is 1. The number of guanidine groups is 1. The van der Waals surface area contributed by atoms with Crippen LogP contribution in [-0.2, 0) is 4.79 Å². The number of rotatable bonds is 4. The van der Waals surface area contributed by atoms with Crippen molar-refractivity contribution in [2.75, 3.05) is 33.9 Å². The predicted octanol–water partition coefficient (Wildman–Crippen LogP) is 1.53. The molecule has 5 nitrogen and oxygen atoms in total. The van der Waals surface area contributed by atoms with Crippen LogP contribution in [-0.4, -0.2) is 62.0 Å². The molecule has 0 aliphatic heterocycles. The molecule has 0 saturated heterocycles. The van der Waals surface area contributed by atoms with Gasteiger partial charge in [0.05, 0.1) is 6.54 Å². The van der Waals surface area contributed by atoms with Gasteiger partial charge >= 0.3 is 0 Å². The van der Waals surface area contributed by atoms with E-state index in [-0.39, 0.29) is 36.4 Å². The molecule has 0 radical (unpaired) electrons. The van der Waals surface area contributed by atoms with Gasteiger partial charge in [0, 0.05) is 32.4 Å². The molecule has 0 aromatic carbocycles. The Labute approximate surface area is 143 Å². The highest BCUT2D eigenvalue weighted by atomic mass is 127. The number of hydrogen-bond donors (Lipinski definition) is 2. The predicted molar refractivity (Wildman–Crippen MR) is 98.2 cm³/mol. The highest BCUT2D eigenvalue weighted by molar-refractivity contribution is 14.0. The Kier molecular flexibility index (Phi) is 10.4. The fourth-order valence-corrected chi connectivity index (χ4v) is 3.02. The van der Waals surface area contributed by atoms with E-state index in [9.17, 15) is 4.79 Å². The summed E-state index contributed by atoms with van der Waals surface area (Å²) in [4.78, 5) is 17.3. The van der Waals surface area contributed by atoms with Crippen LogP contribution in [0.3, 0.4) is 0 Å². The summed E-state index contributed by atoms with van der Waals surface area (Å²) >= 11 is 1.95. The molecular formula is C13H27IN4OS. The van der Waals surface area contributed by atoms with Crippen molar-refractivity contribution in [1.82, 2.24) is 15.5 Å². The lowest BCUT2D eigenvalue weighted by Crippen LogP contribution is -2.48. The maximum Gasteiger partial charge on any atom is 0.241 e. The van der Waals surface area contributed by atoms with E-state index < -0.39 is 0 Å². The molecule has 0 heterocycles. The molecule has 118 valence electrons. The van der Waals surface area contributed by atoms with Crippen LogP contribution in [0.2, 0.25) is 0 Å². The van der Waals surface area contributed by atoms with Crippen LogP contribution < -0.4 is 10.6 Å². The maximum absolute atomic E-state index is 11.5. The first-order valence-electron chi connectivity index (χ1n) is 6.77. The van der Waals surface area contributed by atoms with Crippen molar-refractivity contribution in [3.63, 3.8) is 0 Å². The monoisotopic (exact) mass is 414 g/mol. The van der Waals surface area contributed by atoms with Gasteiger partial charge in [0.1, 0.15) is 0 Å². The van der Waals surface area contributed by atoms with Gasteiger partial charge < -0.3 is 15.5 Å². The summed E-state index contributed by atoms with van der Waals surface area (Å²) in [5, 5.41) is 7.23. The fourth-order valence-electron chi connectivity index (χ4n) is 2.20. The number of nitrogens with zero attached hydrogens (tertiary/aromatic N) is 2. The SMILES string of the molecule is CN=C(NCC(=O)N(C)C)NC1CCCC(SC)C1.I. The van der Waals surface area contributed by atoms with Crippen LogP contribution in [0.25, 0.3) is 0 Å². The Bertz CT molecular complexity index is 325. The average Bonchev–Trinajstić information content (AvgIpc) is 2.43. The number of carbonyl (C=O) groups is 1. The van der Waals surface area contributed by atoms with E-state index in [1.807, 2.05) is 11.8 Å². The van der Waals surface area contributed by atoms with Crippen molar-refractivity contribution < 1.29 is 4.79 Å². The van der Waals surface area contributed by atoms with E-state index in [0.29, 0.717) is 6.04 Å². The van der Waals surface area contributed by atoms with Gasteiger partial charge in [-0.15, -0.1) is 24.0 Å². The summed E-state index contributed by atoms with van der Waals surface area (Å²) in [7, 11) is 5.25. The Hall–Kier alpha value is -0.180. The first-order valence-corrected chi connectivity index (χ1v) is 8.05. The van der Waals surface area contributed by atoms with Crippen LogP contribution in [0.4, 0.5) is 0 Å². The molecule has 20 heavy (non-hydrogen) atoms. The molecule has 2 atom stereocenters. The molecule has 0 aromatic rings. The highest BCUT2D eigenvalue weighted by Gasteiger charge is 2.22. The molecule has 0 bridgehead atoms. The Morgan fingerprint density at radius 2 is 2.10 bits per heavy atom. The third-order valence-electron chi connectivity index (χ3n) is 3.43. The minimum absolute atomic E-state index is 0. The van der Waals surface area contributed by atoms with Gasteiger partial charge in [-0.1, -0.05) is 6.42 Å². The summed E-state index contributed by atoms with van der Waals surface area (Å²) < 4.78 is 0. The van der Waals surface area contributed by atoms with E-state index in [4.69, 9.17) is 0 Å². The van der Waals surface area contributed by atoms with Gasteiger partial charge in [0.2, 0.25) is 5.91 Å². The van der Waals surface area contributed by atoms with Gasteiger partial charge in [-0.05, 0) is 25.5 Å². The fraction of sp³-hybridized carbons (Fsp3) is 0.846. The largest absolute Gasteiger partial charge is 0.354 e. The van der Waals surface area contributed by atoms with Crippen molar-refractivity contribution in [2.45, 2.75) is 37.0 Å². The minimum atomic E-state index is 0. The quantitative estimate of drug-likeness (QED) is 0.416. The number of likely N-dealkylation sites (N-methyl/N-ethyl adjacent to an activating group) is 1. The number of hydrogen-bond acceptors (Lipinski definition) is 3. The molecular weight excluding hydrogens is 387 g/mol. The van der Waals surface area contributed by atoms with E-state index in [1.54, 1.807) is 26.0 Å². The first kappa shape index (κ1) is 19.8. The van der Waals surface area contributed by atoms with E-state index in [1.165, 1.54) is 25.7 Å². The molecule has 1 saturated carbocycles. The van der Waals surface area contributed by atoms with Gasteiger partial charge in [0.25, 0.3) is 0 Å². The number of nitrogens with one attached hydrogen (secondary N) is 2. The van der Waals surface area contributed by atoms with Crippen LogP contribution in [0.1, 0.15) is 25.7 Å². The third kappa shape index (κ3) is 7.01. The van der Waals surface area contributed by atoms with Gasteiger partial charge in [-0.2, -0.15) is 11.8 Å². The Balaban J connectivity index is 0.00000361. The smallest absolute Gasteiger partial charge is 0.241 e. The second-order valence-corrected chi connectivity index (χ2v) is 6.22. The zero-order chi connectivity index (χ0) is 14.3. The first-order chi connectivity index (χ1) is 9.06. The minimum Gasteiger partial charge on any atom is -0.354 e. The molecule has 2 N–H and O–H groups in total. The number of aliphatic imine (C=N–C) groups is 1. The molecule has 7 heteroatoms. The lowest BCUT2D eigenvalue weighted by atomic mass is 9.95.